The molecule has 0 bridgehead atoms. The summed E-state index contributed by atoms with van der Waals surface area (Å²) in [5.41, 5.74) is 3.90. The van der Waals surface area contributed by atoms with Crippen molar-refractivity contribution in [1.29, 1.82) is 0 Å². The molecule has 1 heterocycles. The van der Waals surface area contributed by atoms with Gasteiger partial charge < -0.3 is 10.2 Å². The lowest BCUT2D eigenvalue weighted by atomic mass is 9.89. The largest absolute Gasteiger partial charge is 0.384 e. The first-order valence-corrected chi connectivity index (χ1v) is 8.81. The number of likely N-dealkylation sites (N-methyl/N-ethyl adjacent to an activating group) is 1. The normalized spacial score (nSPS) is 17.8. The van der Waals surface area contributed by atoms with Crippen LogP contribution in [0.3, 0.4) is 0 Å². The number of dihydropyridines is 1. The first-order chi connectivity index (χ1) is 12.2. The van der Waals surface area contributed by atoms with Gasteiger partial charge in [-0.2, -0.15) is 0 Å². The quantitative estimate of drug-likeness (QED) is 0.785. The van der Waals surface area contributed by atoms with Crippen molar-refractivity contribution in [3.63, 3.8) is 0 Å². The summed E-state index contributed by atoms with van der Waals surface area (Å²) >= 11 is 0. The molecule has 1 aliphatic rings. The Labute approximate surface area is 151 Å². The maximum absolute atomic E-state index is 3.52. The van der Waals surface area contributed by atoms with E-state index in [-0.39, 0.29) is 6.04 Å². The maximum Gasteiger partial charge on any atom is 0.0565 e. The van der Waals surface area contributed by atoms with Crippen LogP contribution in [-0.2, 0) is 6.42 Å². The van der Waals surface area contributed by atoms with Crippen LogP contribution < -0.4 is 5.32 Å². The lowest BCUT2D eigenvalue weighted by Gasteiger charge is -2.28. The summed E-state index contributed by atoms with van der Waals surface area (Å²) in [7, 11) is 4.17. The van der Waals surface area contributed by atoms with Crippen molar-refractivity contribution >= 4 is 0 Å². The average molecular weight is 330 g/mol. The molecule has 1 N–H and O–H groups in total. The molecule has 0 fully saturated rings. The molecule has 3 rings (SSSR count). The number of nitrogens with zero attached hydrogens (tertiary/aromatic N) is 1. The van der Waals surface area contributed by atoms with Crippen LogP contribution in [0, 0.1) is 0 Å². The van der Waals surface area contributed by atoms with Crippen LogP contribution in [-0.4, -0.2) is 25.0 Å². The lowest BCUT2D eigenvalue weighted by Crippen LogP contribution is -2.32. The Morgan fingerprint density at radius 3 is 2.36 bits per heavy atom. The number of benzene rings is 2. The third kappa shape index (κ3) is 4.63. The van der Waals surface area contributed by atoms with Crippen molar-refractivity contribution in [3.8, 4) is 0 Å². The molecular weight excluding hydrogens is 304 g/mol. The molecule has 0 saturated heterocycles. The summed E-state index contributed by atoms with van der Waals surface area (Å²) < 4.78 is 0. The standard InChI is InChI=1S/C23H26N2/c1-25(2)21-16-17-24-23(18-21)22(20-13-7-4-8-14-20)15-9-12-19-10-5-3-6-11-19/h3-11,13-18,22-24H,12H2,1-2H3/b15-9+. The fourth-order valence-corrected chi connectivity index (χ4v) is 3.12. The van der Waals surface area contributed by atoms with Crippen LogP contribution in [0.25, 0.3) is 0 Å². The molecule has 2 aromatic rings. The number of allylic oxidation sites excluding steroid dienone is 2. The van der Waals surface area contributed by atoms with Gasteiger partial charge in [0.15, 0.2) is 0 Å². The van der Waals surface area contributed by atoms with E-state index in [0.717, 1.165) is 6.42 Å². The third-order valence-corrected chi connectivity index (χ3v) is 4.52. The summed E-state index contributed by atoms with van der Waals surface area (Å²) in [6, 6.07) is 21.6. The van der Waals surface area contributed by atoms with Gasteiger partial charge in [-0.25, -0.2) is 0 Å². The topological polar surface area (TPSA) is 15.3 Å². The first-order valence-electron chi connectivity index (χ1n) is 8.81. The van der Waals surface area contributed by atoms with Gasteiger partial charge in [-0.3, -0.25) is 0 Å². The summed E-state index contributed by atoms with van der Waals surface area (Å²) in [5.74, 6) is 0.296. The van der Waals surface area contributed by atoms with E-state index in [1.807, 2.05) is 0 Å². The first kappa shape index (κ1) is 17.1. The molecule has 0 aromatic heterocycles. The molecule has 25 heavy (non-hydrogen) atoms. The highest BCUT2D eigenvalue weighted by Gasteiger charge is 2.20. The lowest BCUT2D eigenvalue weighted by molar-refractivity contribution is 0.506. The van der Waals surface area contributed by atoms with Crippen molar-refractivity contribution in [1.82, 2.24) is 10.2 Å². The van der Waals surface area contributed by atoms with E-state index in [9.17, 15) is 0 Å². The zero-order valence-corrected chi connectivity index (χ0v) is 15.0. The van der Waals surface area contributed by atoms with Gasteiger partial charge in [0.2, 0.25) is 0 Å². The Morgan fingerprint density at radius 1 is 1.00 bits per heavy atom. The minimum absolute atomic E-state index is 0.247. The fourth-order valence-electron chi connectivity index (χ4n) is 3.12. The Kier molecular flexibility index (Phi) is 5.73. The molecule has 1 aliphatic heterocycles. The molecular formula is C23H26N2. The van der Waals surface area contributed by atoms with Crippen molar-refractivity contribution in [2.24, 2.45) is 0 Å². The second-order valence-electron chi connectivity index (χ2n) is 6.57. The molecule has 0 aliphatic carbocycles. The second kappa shape index (κ2) is 8.39. The van der Waals surface area contributed by atoms with E-state index in [0.29, 0.717) is 5.92 Å². The van der Waals surface area contributed by atoms with Gasteiger partial charge in [-0.15, -0.1) is 0 Å². The van der Waals surface area contributed by atoms with E-state index < -0.39 is 0 Å². The summed E-state index contributed by atoms with van der Waals surface area (Å²) in [5, 5.41) is 3.52. The van der Waals surface area contributed by atoms with Crippen LogP contribution in [0.15, 0.2) is 96.9 Å². The summed E-state index contributed by atoms with van der Waals surface area (Å²) in [6.07, 6.45) is 12.1. The van der Waals surface area contributed by atoms with Crippen LogP contribution in [0.1, 0.15) is 17.0 Å². The van der Waals surface area contributed by atoms with Gasteiger partial charge in [-0.05, 0) is 35.9 Å². The van der Waals surface area contributed by atoms with E-state index in [1.165, 1.54) is 16.8 Å². The molecule has 2 aromatic carbocycles. The highest BCUT2D eigenvalue weighted by atomic mass is 15.1. The number of hydrogen-bond donors (Lipinski definition) is 1. The van der Waals surface area contributed by atoms with Gasteiger partial charge in [0.05, 0.1) is 6.04 Å². The molecule has 0 saturated carbocycles. The van der Waals surface area contributed by atoms with E-state index in [1.54, 1.807) is 0 Å². The molecule has 2 atom stereocenters. The minimum Gasteiger partial charge on any atom is -0.384 e. The molecule has 0 amide bonds. The predicted octanol–water partition coefficient (Wildman–Crippen LogP) is 4.50. The molecule has 2 nitrogen and oxygen atoms in total. The van der Waals surface area contributed by atoms with Crippen LogP contribution >= 0.6 is 0 Å². The Hall–Kier alpha value is -2.74. The van der Waals surface area contributed by atoms with Gasteiger partial charge in [-0.1, -0.05) is 72.8 Å². The Balaban J connectivity index is 1.82. The third-order valence-electron chi connectivity index (χ3n) is 4.52. The predicted molar refractivity (Wildman–Crippen MR) is 106 cm³/mol. The molecule has 128 valence electrons. The van der Waals surface area contributed by atoms with E-state index in [2.05, 4.69) is 115 Å². The van der Waals surface area contributed by atoms with Crippen LogP contribution in [0.5, 0.6) is 0 Å². The monoisotopic (exact) mass is 330 g/mol. The van der Waals surface area contributed by atoms with Crippen molar-refractivity contribution in [2.75, 3.05) is 14.1 Å². The summed E-state index contributed by atoms with van der Waals surface area (Å²) in [6.45, 7) is 0. The molecule has 2 heteroatoms. The van der Waals surface area contributed by atoms with Gasteiger partial charge in [0, 0.05) is 25.7 Å². The zero-order chi connectivity index (χ0) is 17.5. The molecule has 0 radical (unpaired) electrons. The number of nitrogens with one attached hydrogen (secondary N) is 1. The van der Waals surface area contributed by atoms with Crippen LogP contribution in [0.4, 0.5) is 0 Å². The number of hydrogen-bond acceptors (Lipinski definition) is 2. The van der Waals surface area contributed by atoms with Gasteiger partial charge in [0.1, 0.15) is 0 Å². The summed E-state index contributed by atoms with van der Waals surface area (Å²) in [4.78, 5) is 2.15. The van der Waals surface area contributed by atoms with Crippen LogP contribution in [0.2, 0.25) is 0 Å². The average Bonchev–Trinajstić information content (AvgIpc) is 2.67. The smallest absolute Gasteiger partial charge is 0.0565 e. The molecule has 0 spiro atoms. The SMILES string of the molecule is CN(C)C1=CC(C(/C=C/Cc2ccccc2)c2ccccc2)NC=C1. The highest BCUT2D eigenvalue weighted by molar-refractivity contribution is 5.33. The maximum atomic E-state index is 3.52. The molecule has 2 unspecified atom stereocenters. The van der Waals surface area contributed by atoms with E-state index >= 15 is 0 Å². The van der Waals surface area contributed by atoms with E-state index in [4.69, 9.17) is 0 Å². The van der Waals surface area contributed by atoms with Gasteiger partial charge >= 0.3 is 0 Å². The van der Waals surface area contributed by atoms with Gasteiger partial charge in [0.25, 0.3) is 0 Å². The Bertz CT molecular complexity index is 742. The zero-order valence-electron chi connectivity index (χ0n) is 15.0. The highest BCUT2D eigenvalue weighted by Crippen LogP contribution is 2.25. The number of rotatable bonds is 6. The Morgan fingerprint density at radius 2 is 1.68 bits per heavy atom. The van der Waals surface area contributed by atoms with Crippen molar-refractivity contribution in [2.45, 2.75) is 18.4 Å². The fraction of sp³-hybridized carbons (Fsp3) is 0.217. The minimum atomic E-state index is 0.247. The van der Waals surface area contributed by atoms with Crippen molar-refractivity contribution < 1.29 is 0 Å². The van der Waals surface area contributed by atoms with Crippen molar-refractivity contribution in [3.05, 3.63) is 108 Å². The second-order valence-corrected chi connectivity index (χ2v) is 6.57.